The number of rotatable bonds is 3. The Balaban J connectivity index is 2.54. The molecule has 2 heterocycles. The smallest absolute Gasteiger partial charge is 0.112 e. The molecular weight excluding hydrogens is 254 g/mol. The number of allylic oxidation sites excluding steroid dienone is 1. The molecule has 0 amide bonds. The Bertz CT molecular complexity index is 575. The molecule has 86 valence electrons. The summed E-state index contributed by atoms with van der Waals surface area (Å²) >= 11 is 7.79. The summed E-state index contributed by atoms with van der Waals surface area (Å²) < 4.78 is 5.32. The van der Waals surface area contributed by atoms with Crippen LogP contribution in [0.15, 0.2) is 34.3 Å². The van der Waals surface area contributed by atoms with Crippen LogP contribution in [0.3, 0.4) is 0 Å². The molecule has 0 aliphatic carbocycles. The number of nitrogens with zero attached hydrogens (tertiary/aromatic N) is 1. The molecule has 0 aliphatic rings. The van der Waals surface area contributed by atoms with Gasteiger partial charge in [0.2, 0.25) is 0 Å². The summed E-state index contributed by atoms with van der Waals surface area (Å²) in [6.07, 6.45) is 2.35. The van der Waals surface area contributed by atoms with E-state index in [1.807, 2.05) is 24.4 Å². The van der Waals surface area contributed by atoms with E-state index in [-0.39, 0.29) is 0 Å². The zero-order valence-corrected chi connectivity index (χ0v) is 10.8. The van der Waals surface area contributed by atoms with Gasteiger partial charge in [0.15, 0.2) is 0 Å². The van der Waals surface area contributed by atoms with Gasteiger partial charge in [0.1, 0.15) is 11.8 Å². The maximum absolute atomic E-state index is 9.21. The summed E-state index contributed by atoms with van der Waals surface area (Å²) in [5, 5.41) is 11.6. The molecule has 2 aromatic heterocycles. The molecule has 0 N–H and O–H groups in total. The number of nitriles is 1. The Labute approximate surface area is 109 Å². The maximum atomic E-state index is 9.21. The summed E-state index contributed by atoms with van der Waals surface area (Å²) in [7, 11) is 0. The second-order valence-electron chi connectivity index (χ2n) is 3.39. The second-order valence-corrected chi connectivity index (χ2v) is 4.71. The fourth-order valence-electron chi connectivity index (χ4n) is 1.58. The minimum atomic E-state index is 0.459. The standard InChI is InChI=1S/C13H10ClNOS/c1-2-11-9(5-6-16-11)13(14)10(8-15)12-4-3-7-17-12/h3-7H,2H2,1H3/b13-10+. The van der Waals surface area contributed by atoms with Gasteiger partial charge in [-0.2, -0.15) is 5.26 Å². The van der Waals surface area contributed by atoms with Crippen LogP contribution in [0.2, 0.25) is 0 Å². The van der Waals surface area contributed by atoms with Crippen LogP contribution in [-0.2, 0) is 6.42 Å². The van der Waals surface area contributed by atoms with Crippen LogP contribution in [0.4, 0.5) is 0 Å². The fraction of sp³-hybridized carbons (Fsp3) is 0.154. The Hall–Kier alpha value is -1.50. The number of aryl methyl sites for hydroxylation is 1. The van der Waals surface area contributed by atoms with Crippen LogP contribution in [-0.4, -0.2) is 0 Å². The lowest BCUT2D eigenvalue weighted by molar-refractivity contribution is 0.515. The van der Waals surface area contributed by atoms with Crippen LogP contribution in [0, 0.1) is 11.3 Å². The monoisotopic (exact) mass is 263 g/mol. The minimum Gasteiger partial charge on any atom is -0.469 e. The zero-order valence-electron chi connectivity index (χ0n) is 9.24. The van der Waals surface area contributed by atoms with Crippen molar-refractivity contribution in [2.24, 2.45) is 0 Å². The Kier molecular flexibility index (Phi) is 3.68. The van der Waals surface area contributed by atoms with Crippen molar-refractivity contribution in [2.45, 2.75) is 13.3 Å². The third kappa shape index (κ3) is 2.28. The molecule has 0 aromatic carbocycles. The van der Waals surface area contributed by atoms with E-state index >= 15 is 0 Å². The summed E-state index contributed by atoms with van der Waals surface area (Å²) in [6.45, 7) is 1.99. The maximum Gasteiger partial charge on any atom is 0.112 e. The summed E-state index contributed by atoms with van der Waals surface area (Å²) in [6, 6.07) is 7.74. The van der Waals surface area contributed by atoms with Gasteiger partial charge in [0.05, 0.1) is 16.9 Å². The third-order valence-corrected chi connectivity index (χ3v) is 3.68. The molecule has 0 fully saturated rings. The number of hydrogen-bond donors (Lipinski definition) is 0. The van der Waals surface area contributed by atoms with Crippen molar-refractivity contribution in [1.29, 1.82) is 5.26 Å². The average Bonchev–Trinajstić information content (AvgIpc) is 3.00. The highest BCUT2D eigenvalue weighted by Crippen LogP contribution is 2.33. The summed E-state index contributed by atoms with van der Waals surface area (Å²) in [4.78, 5) is 0.876. The predicted octanol–water partition coefficient (Wildman–Crippen LogP) is 4.53. The normalized spacial score (nSPS) is 12.1. The van der Waals surface area contributed by atoms with Crippen molar-refractivity contribution in [3.63, 3.8) is 0 Å². The van der Waals surface area contributed by atoms with Gasteiger partial charge in [-0.1, -0.05) is 24.6 Å². The Morgan fingerprint density at radius 3 is 2.94 bits per heavy atom. The largest absolute Gasteiger partial charge is 0.469 e. The van der Waals surface area contributed by atoms with Crippen LogP contribution in [0.25, 0.3) is 10.6 Å². The number of thiophene rings is 1. The first kappa shape index (κ1) is 12.0. The molecular formula is C13H10ClNOS. The first-order chi connectivity index (χ1) is 8.27. The first-order valence-corrected chi connectivity index (χ1v) is 6.44. The molecule has 0 spiro atoms. The van der Waals surface area contributed by atoms with Crippen LogP contribution in [0.1, 0.15) is 23.1 Å². The second kappa shape index (κ2) is 5.22. The van der Waals surface area contributed by atoms with E-state index in [1.54, 1.807) is 12.3 Å². The summed E-state index contributed by atoms with van der Waals surface area (Å²) in [5.41, 5.74) is 1.30. The highest BCUT2D eigenvalue weighted by Gasteiger charge is 2.14. The number of furan rings is 1. The van der Waals surface area contributed by atoms with Gasteiger partial charge in [-0.05, 0) is 17.5 Å². The van der Waals surface area contributed by atoms with Gasteiger partial charge < -0.3 is 4.42 Å². The quantitative estimate of drug-likeness (QED) is 0.763. The molecule has 17 heavy (non-hydrogen) atoms. The molecule has 0 saturated heterocycles. The molecule has 4 heteroatoms. The lowest BCUT2D eigenvalue weighted by atomic mass is 10.1. The van der Waals surface area contributed by atoms with Crippen LogP contribution in [0.5, 0.6) is 0 Å². The van der Waals surface area contributed by atoms with E-state index in [4.69, 9.17) is 16.0 Å². The van der Waals surface area contributed by atoms with E-state index in [2.05, 4.69) is 6.07 Å². The lowest BCUT2D eigenvalue weighted by Crippen LogP contribution is -1.86. The van der Waals surface area contributed by atoms with Gasteiger partial charge in [0.25, 0.3) is 0 Å². The summed E-state index contributed by atoms with van der Waals surface area (Å²) in [5.74, 6) is 0.805. The van der Waals surface area contributed by atoms with Crippen LogP contribution >= 0.6 is 22.9 Å². The third-order valence-electron chi connectivity index (χ3n) is 2.40. The SMILES string of the molecule is CCc1occc1/C(Cl)=C(/C#N)c1cccs1. The van der Waals surface area contributed by atoms with Crippen molar-refractivity contribution in [3.05, 3.63) is 46.0 Å². The molecule has 0 aliphatic heterocycles. The van der Waals surface area contributed by atoms with E-state index in [0.717, 1.165) is 22.6 Å². The van der Waals surface area contributed by atoms with E-state index in [9.17, 15) is 5.26 Å². The topological polar surface area (TPSA) is 36.9 Å². The molecule has 2 aromatic rings. The van der Waals surface area contributed by atoms with Gasteiger partial charge >= 0.3 is 0 Å². The van der Waals surface area contributed by atoms with Crippen molar-refractivity contribution in [1.82, 2.24) is 0 Å². The zero-order chi connectivity index (χ0) is 12.3. The van der Waals surface area contributed by atoms with Crippen molar-refractivity contribution < 1.29 is 4.42 Å². The molecule has 2 rings (SSSR count). The van der Waals surface area contributed by atoms with Gasteiger partial charge in [-0.25, -0.2) is 0 Å². The lowest BCUT2D eigenvalue weighted by Gasteiger charge is -2.01. The van der Waals surface area contributed by atoms with E-state index in [0.29, 0.717) is 10.6 Å². The minimum absolute atomic E-state index is 0.459. The molecule has 0 bridgehead atoms. The highest BCUT2D eigenvalue weighted by atomic mass is 35.5. The molecule has 0 saturated carbocycles. The van der Waals surface area contributed by atoms with Gasteiger partial charge in [-0.3, -0.25) is 0 Å². The average molecular weight is 264 g/mol. The van der Waals surface area contributed by atoms with Gasteiger partial charge in [0, 0.05) is 16.9 Å². The van der Waals surface area contributed by atoms with E-state index in [1.165, 1.54) is 11.3 Å². The van der Waals surface area contributed by atoms with E-state index < -0.39 is 0 Å². The first-order valence-electron chi connectivity index (χ1n) is 5.18. The van der Waals surface area contributed by atoms with Crippen molar-refractivity contribution >= 4 is 33.5 Å². The number of halogens is 1. The fourth-order valence-corrected chi connectivity index (χ4v) is 2.67. The number of hydrogen-bond acceptors (Lipinski definition) is 3. The highest BCUT2D eigenvalue weighted by molar-refractivity contribution is 7.11. The Morgan fingerprint density at radius 1 is 1.53 bits per heavy atom. The molecule has 0 unspecified atom stereocenters. The molecule has 2 nitrogen and oxygen atoms in total. The van der Waals surface area contributed by atoms with Crippen LogP contribution < -0.4 is 0 Å². The van der Waals surface area contributed by atoms with Gasteiger partial charge in [-0.15, -0.1) is 11.3 Å². The van der Waals surface area contributed by atoms with Crippen molar-refractivity contribution in [2.75, 3.05) is 0 Å². The molecule has 0 atom stereocenters. The van der Waals surface area contributed by atoms with Crippen molar-refractivity contribution in [3.8, 4) is 6.07 Å². The Morgan fingerprint density at radius 2 is 2.35 bits per heavy atom. The molecule has 0 radical (unpaired) electrons. The predicted molar refractivity (Wildman–Crippen MR) is 70.7 cm³/mol.